The molecule has 1 aromatic rings. The third kappa shape index (κ3) is 3.35. The van der Waals surface area contributed by atoms with Crippen LogP contribution in [0.1, 0.15) is 54.8 Å². The lowest BCUT2D eigenvalue weighted by molar-refractivity contribution is 0.0644. The summed E-state index contributed by atoms with van der Waals surface area (Å²) in [5, 5.41) is 8.89. The monoisotopic (exact) mass is 320 g/mol. The van der Waals surface area contributed by atoms with Crippen molar-refractivity contribution in [1.29, 1.82) is 0 Å². The van der Waals surface area contributed by atoms with Gasteiger partial charge in [0.1, 0.15) is 5.76 Å². The molecule has 2 fully saturated rings. The van der Waals surface area contributed by atoms with Crippen LogP contribution >= 0.6 is 0 Å². The number of aromatic carboxylic acids is 1. The van der Waals surface area contributed by atoms with Crippen LogP contribution in [0.2, 0.25) is 0 Å². The van der Waals surface area contributed by atoms with Crippen LogP contribution in [0.15, 0.2) is 16.5 Å². The van der Waals surface area contributed by atoms with Gasteiger partial charge in [0.2, 0.25) is 5.76 Å². The zero-order chi connectivity index (χ0) is 16.4. The second-order valence-corrected chi connectivity index (χ2v) is 6.66. The minimum absolute atomic E-state index is 0.0230. The van der Waals surface area contributed by atoms with E-state index in [1.165, 1.54) is 31.7 Å². The summed E-state index contributed by atoms with van der Waals surface area (Å²) in [5.74, 6) is -0.0370. The number of urea groups is 1. The molecular formula is C17H24N2O4. The summed E-state index contributed by atoms with van der Waals surface area (Å²) in [6.07, 6.45) is 7.13. The van der Waals surface area contributed by atoms with Crippen LogP contribution in [0.4, 0.5) is 4.79 Å². The van der Waals surface area contributed by atoms with Gasteiger partial charge >= 0.3 is 12.0 Å². The number of carbonyl (C=O) groups excluding carboxylic acids is 1. The summed E-state index contributed by atoms with van der Waals surface area (Å²) in [4.78, 5) is 27.3. The van der Waals surface area contributed by atoms with Gasteiger partial charge in [-0.2, -0.15) is 0 Å². The number of hydrogen-bond acceptors (Lipinski definition) is 3. The molecule has 2 heterocycles. The summed E-state index contributed by atoms with van der Waals surface area (Å²) in [5.41, 5.74) is 0. The van der Waals surface area contributed by atoms with Crippen molar-refractivity contribution < 1.29 is 19.1 Å². The van der Waals surface area contributed by atoms with Gasteiger partial charge in [-0.25, -0.2) is 9.59 Å². The van der Waals surface area contributed by atoms with Crippen molar-refractivity contribution in [3.8, 4) is 0 Å². The second kappa shape index (κ2) is 6.64. The van der Waals surface area contributed by atoms with E-state index in [0.29, 0.717) is 24.3 Å². The Balaban J connectivity index is 1.64. The number of rotatable bonds is 3. The molecule has 0 bridgehead atoms. The SMILES string of the molecule is CN(Cc1ccc(C(=O)O)o1)C(=O)N1CCC[C@@H]2CCCC[C@@H]21. The minimum Gasteiger partial charge on any atom is -0.475 e. The quantitative estimate of drug-likeness (QED) is 0.928. The molecule has 3 rings (SSSR count). The highest BCUT2D eigenvalue weighted by atomic mass is 16.4. The molecule has 0 aromatic carbocycles. The smallest absolute Gasteiger partial charge is 0.371 e. The first kappa shape index (κ1) is 15.9. The first-order valence-electron chi connectivity index (χ1n) is 8.40. The molecule has 2 aliphatic rings. The minimum atomic E-state index is -1.09. The normalized spacial score (nSPS) is 24.1. The summed E-state index contributed by atoms with van der Waals surface area (Å²) in [7, 11) is 1.75. The number of nitrogens with zero attached hydrogens (tertiary/aromatic N) is 2. The number of hydrogen-bond donors (Lipinski definition) is 1. The molecule has 0 radical (unpaired) electrons. The number of fused-ring (bicyclic) bond motifs is 1. The van der Waals surface area contributed by atoms with Crippen LogP contribution in [-0.2, 0) is 6.54 Å². The Morgan fingerprint density at radius 1 is 1.26 bits per heavy atom. The number of carbonyl (C=O) groups is 2. The molecule has 1 aromatic heterocycles. The van der Waals surface area contributed by atoms with E-state index in [1.807, 2.05) is 4.90 Å². The molecule has 1 saturated heterocycles. The Bertz CT molecular complexity index is 581. The van der Waals surface area contributed by atoms with Gasteiger partial charge in [-0.3, -0.25) is 0 Å². The molecule has 1 aliphatic heterocycles. The van der Waals surface area contributed by atoms with E-state index in [-0.39, 0.29) is 11.8 Å². The van der Waals surface area contributed by atoms with E-state index in [1.54, 1.807) is 18.0 Å². The predicted molar refractivity (Wildman–Crippen MR) is 84.2 cm³/mol. The summed E-state index contributed by atoms with van der Waals surface area (Å²) in [6, 6.07) is 3.44. The average molecular weight is 320 g/mol. The van der Waals surface area contributed by atoms with Crippen molar-refractivity contribution >= 4 is 12.0 Å². The van der Waals surface area contributed by atoms with Crippen LogP contribution in [0, 0.1) is 5.92 Å². The molecule has 1 aliphatic carbocycles. The number of furan rings is 1. The fraction of sp³-hybridized carbons (Fsp3) is 0.647. The number of carboxylic acid groups (broad SMARTS) is 1. The van der Waals surface area contributed by atoms with E-state index < -0.39 is 5.97 Å². The van der Waals surface area contributed by atoms with E-state index in [4.69, 9.17) is 9.52 Å². The lowest BCUT2D eigenvalue weighted by atomic mass is 9.78. The molecule has 2 atom stereocenters. The van der Waals surface area contributed by atoms with Crippen molar-refractivity contribution in [2.24, 2.45) is 5.92 Å². The first-order chi connectivity index (χ1) is 11.1. The zero-order valence-electron chi connectivity index (χ0n) is 13.5. The topological polar surface area (TPSA) is 74.0 Å². The molecule has 0 unspecified atom stereocenters. The van der Waals surface area contributed by atoms with Crippen LogP contribution in [0.5, 0.6) is 0 Å². The number of amides is 2. The molecule has 126 valence electrons. The van der Waals surface area contributed by atoms with Gasteiger partial charge in [0, 0.05) is 19.6 Å². The molecule has 0 spiro atoms. The van der Waals surface area contributed by atoms with E-state index in [2.05, 4.69) is 0 Å². The van der Waals surface area contributed by atoms with Gasteiger partial charge in [-0.15, -0.1) is 0 Å². The van der Waals surface area contributed by atoms with Crippen molar-refractivity contribution in [2.75, 3.05) is 13.6 Å². The molecule has 1 saturated carbocycles. The van der Waals surface area contributed by atoms with Crippen LogP contribution in [0.3, 0.4) is 0 Å². The van der Waals surface area contributed by atoms with Gasteiger partial charge in [0.05, 0.1) is 6.54 Å². The highest BCUT2D eigenvalue weighted by Gasteiger charge is 2.36. The molecule has 2 amide bonds. The fourth-order valence-corrected chi connectivity index (χ4v) is 3.96. The Labute approximate surface area is 136 Å². The van der Waals surface area contributed by atoms with Crippen LogP contribution < -0.4 is 0 Å². The maximum atomic E-state index is 12.8. The van der Waals surface area contributed by atoms with E-state index in [0.717, 1.165) is 19.4 Å². The lowest BCUT2D eigenvalue weighted by Gasteiger charge is -2.45. The second-order valence-electron chi connectivity index (χ2n) is 6.66. The summed E-state index contributed by atoms with van der Waals surface area (Å²) >= 11 is 0. The summed E-state index contributed by atoms with van der Waals surface area (Å²) in [6.45, 7) is 1.11. The molecule has 23 heavy (non-hydrogen) atoms. The molecule has 1 N–H and O–H groups in total. The maximum absolute atomic E-state index is 12.8. The Kier molecular flexibility index (Phi) is 4.59. The number of piperidine rings is 1. The van der Waals surface area contributed by atoms with E-state index in [9.17, 15) is 9.59 Å². The third-order valence-corrected chi connectivity index (χ3v) is 5.08. The maximum Gasteiger partial charge on any atom is 0.371 e. The van der Waals surface area contributed by atoms with Gasteiger partial charge < -0.3 is 19.3 Å². The number of likely N-dealkylation sites (tertiary alicyclic amines) is 1. The van der Waals surface area contributed by atoms with Crippen molar-refractivity contribution in [1.82, 2.24) is 9.80 Å². The summed E-state index contributed by atoms with van der Waals surface area (Å²) < 4.78 is 5.25. The Morgan fingerprint density at radius 2 is 2.00 bits per heavy atom. The van der Waals surface area contributed by atoms with Gasteiger partial charge in [0.15, 0.2) is 0 Å². The number of carboxylic acids is 1. The molecule has 6 nitrogen and oxygen atoms in total. The van der Waals surface area contributed by atoms with Crippen molar-refractivity contribution in [2.45, 2.75) is 51.1 Å². The Hall–Kier alpha value is -1.98. The fourth-order valence-electron chi connectivity index (χ4n) is 3.96. The zero-order valence-corrected chi connectivity index (χ0v) is 13.5. The standard InChI is InChI=1S/C17H24N2O4/c1-18(11-13-8-9-15(23-13)16(20)21)17(22)19-10-4-6-12-5-2-3-7-14(12)19/h8-9,12,14H,2-7,10-11H2,1H3,(H,20,21)/t12-,14-/m0/s1. The largest absolute Gasteiger partial charge is 0.475 e. The lowest BCUT2D eigenvalue weighted by Crippen LogP contribution is -2.53. The predicted octanol–water partition coefficient (Wildman–Crippen LogP) is 3.18. The van der Waals surface area contributed by atoms with Gasteiger partial charge in [-0.05, 0) is 43.7 Å². The molecule has 6 heteroatoms. The highest BCUT2D eigenvalue weighted by molar-refractivity contribution is 5.84. The molecular weight excluding hydrogens is 296 g/mol. The first-order valence-corrected chi connectivity index (χ1v) is 8.40. The van der Waals surface area contributed by atoms with Gasteiger partial charge in [-0.1, -0.05) is 12.8 Å². The Morgan fingerprint density at radius 3 is 2.74 bits per heavy atom. The van der Waals surface area contributed by atoms with Crippen molar-refractivity contribution in [3.63, 3.8) is 0 Å². The van der Waals surface area contributed by atoms with Crippen LogP contribution in [-0.4, -0.2) is 46.5 Å². The highest BCUT2D eigenvalue weighted by Crippen LogP contribution is 2.35. The average Bonchev–Trinajstić information content (AvgIpc) is 3.02. The van der Waals surface area contributed by atoms with Crippen molar-refractivity contribution in [3.05, 3.63) is 23.7 Å². The van der Waals surface area contributed by atoms with Gasteiger partial charge in [0.25, 0.3) is 0 Å². The van der Waals surface area contributed by atoms with Crippen LogP contribution in [0.25, 0.3) is 0 Å². The third-order valence-electron chi connectivity index (χ3n) is 5.08. The van der Waals surface area contributed by atoms with E-state index >= 15 is 0 Å².